The first-order chi connectivity index (χ1) is 11.0. The molecule has 0 saturated heterocycles. The number of aryl methyl sites for hydroxylation is 1. The van der Waals surface area contributed by atoms with Gasteiger partial charge in [-0.15, -0.1) is 11.3 Å². The average molecular weight is 349 g/mol. The van der Waals surface area contributed by atoms with Gasteiger partial charge in [-0.3, -0.25) is 9.59 Å². The maximum absolute atomic E-state index is 12.0. The minimum atomic E-state index is -1.00. The average Bonchev–Trinajstić information content (AvgIpc) is 2.94. The quantitative estimate of drug-likeness (QED) is 0.749. The number of carbonyl (C=O) groups excluding carboxylic acids is 2. The lowest BCUT2D eigenvalue weighted by Crippen LogP contribution is -2.20. The first kappa shape index (κ1) is 17.1. The van der Waals surface area contributed by atoms with Gasteiger partial charge in [0.15, 0.2) is 18.3 Å². The third-order valence-electron chi connectivity index (χ3n) is 2.97. The van der Waals surface area contributed by atoms with Crippen LogP contribution >= 0.6 is 22.9 Å². The van der Waals surface area contributed by atoms with Crippen molar-refractivity contribution in [1.29, 1.82) is 5.26 Å². The highest BCUT2D eigenvalue weighted by Crippen LogP contribution is 2.20. The molecular formula is C16H13ClN2O3S. The highest BCUT2D eigenvalue weighted by Gasteiger charge is 2.24. The molecule has 1 aromatic heterocycles. The van der Waals surface area contributed by atoms with Crippen LogP contribution in [0, 0.1) is 18.3 Å². The van der Waals surface area contributed by atoms with E-state index < -0.39 is 24.3 Å². The molecule has 5 nitrogen and oxygen atoms in total. The van der Waals surface area contributed by atoms with Crippen LogP contribution in [0.3, 0.4) is 0 Å². The summed E-state index contributed by atoms with van der Waals surface area (Å²) < 4.78 is 4.95. The zero-order valence-electron chi connectivity index (χ0n) is 12.3. The Balaban J connectivity index is 1.89. The fourth-order valence-corrected chi connectivity index (χ4v) is 2.81. The highest BCUT2D eigenvalue weighted by atomic mass is 35.5. The van der Waals surface area contributed by atoms with Crippen LogP contribution < -0.4 is 0 Å². The Morgan fingerprint density at radius 3 is 2.65 bits per heavy atom. The van der Waals surface area contributed by atoms with Gasteiger partial charge >= 0.3 is 5.97 Å². The van der Waals surface area contributed by atoms with Crippen molar-refractivity contribution in [3.05, 3.63) is 50.9 Å². The standard InChI is InChI=1S/C16H13ClN2O3S/c1-10-9-23-16(19-10)13(7-18)14(20)8-22-15(21)6-11-2-4-12(17)5-3-11/h2-5,9,13H,6,8H2,1H3. The molecule has 118 valence electrons. The molecule has 2 aromatic rings. The molecule has 0 spiro atoms. The number of thiazole rings is 1. The van der Waals surface area contributed by atoms with Gasteiger partial charge in [-0.25, -0.2) is 4.98 Å². The topological polar surface area (TPSA) is 80.0 Å². The van der Waals surface area contributed by atoms with E-state index in [-0.39, 0.29) is 6.42 Å². The zero-order valence-corrected chi connectivity index (χ0v) is 13.9. The van der Waals surface area contributed by atoms with Crippen molar-refractivity contribution >= 4 is 34.7 Å². The fraction of sp³-hybridized carbons (Fsp3) is 0.250. The molecule has 2 rings (SSSR count). The molecule has 0 fully saturated rings. The second-order valence-electron chi connectivity index (χ2n) is 4.82. The van der Waals surface area contributed by atoms with Crippen LogP contribution in [0.2, 0.25) is 5.02 Å². The van der Waals surface area contributed by atoms with E-state index in [0.29, 0.717) is 10.0 Å². The fourth-order valence-electron chi connectivity index (χ4n) is 1.82. The summed E-state index contributed by atoms with van der Waals surface area (Å²) in [7, 11) is 0. The van der Waals surface area contributed by atoms with Crippen molar-refractivity contribution in [3.63, 3.8) is 0 Å². The van der Waals surface area contributed by atoms with Gasteiger partial charge in [-0.05, 0) is 24.6 Å². The van der Waals surface area contributed by atoms with Crippen molar-refractivity contribution in [2.24, 2.45) is 0 Å². The SMILES string of the molecule is Cc1csc(C(C#N)C(=O)COC(=O)Cc2ccc(Cl)cc2)n1. The number of ketones is 1. The number of carbonyl (C=O) groups is 2. The van der Waals surface area contributed by atoms with E-state index in [1.165, 1.54) is 11.3 Å². The number of rotatable bonds is 6. The number of benzene rings is 1. The summed E-state index contributed by atoms with van der Waals surface area (Å²) in [6, 6.07) is 8.67. The molecule has 0 saturated carbocycles. The van der Waals surface area contributed by atoms with Gasteiger partial charge in [0.2, 0.25) is 0 Å². The lowest BCUT2D eigenvalue weighted by Gasteiger charge is -2.07. The van der Waals surface area contributed by atoms with Gasteiger partial charge in [0.1, 0.15) is 5.01 Å². The normalized spacial score (nSPS) is 11.5. The van der Waals surface area contributed by atoms with E-state index in [4.69, 9.17) is 21.6 Å². The summed E-state index contributed by atoms with van der Waals surface area (Å²) in [6.07, 6.45) is 0.0397. The molecule has 1 unspecified atom stereocenters. The van der Waals surface area contributed by atoms with Crippen LogP contribution in [-0.2, 0) is 20.7 Å². The summed E-state index contributed by atoms with van der Waals surface area (Å²) in [5, 5.41) is 11.9. The van der Waals surface area contributed by atoms with Gasteiger partial charge in [-0.1, -0.05) is 23.7 Å². The maximum Gasteiger partial charge on any atom is 0.310 e. The second-order valence-corrected chi connectivity index (χ2v) is 6.15. The predicted octanol–water partition coefficient (Wildman–Crippen LogP) is 3.07. The molecule has 0 aliphatic rings. The van der Waals surface area contributed by atoms with Crippen molar-refractivity contribution in [2.75, 3.05) is 6.61 Å². The molecule has 23 heavy (non-hydrogen) atoms. The van der Waals surface area contributed by atoms with Crippen LogP contribution in [0.1, 0.15) is 22.2 Å². The number of esters is 1. The van der Waals surface area contributed by atoms with E-state index in [2.05, 4.69) is 4.98 Å². The van der Waals surface area contributed by atoms with E-state index in [1.807, 2.05) is 6.07 Å². The Labute approximate surface area is 142 Å². The largest absolute Gasteiger partial charge is 0.457 e. The molecular weight excluding hydrogens is 336 g/mol. The first-order valence-electron chi connectivity index (χ1n) is 6.74. The van der Waals surface area contributed by atoms with Crippen molar-refractivity contribution in [2.45, 2.75) is 19.3 Å². The summed E-state index contributed by atoms with van der Waals surface area (Å²) in [4.78, 5) is 27.9. The molecule has 0 amide bonds. The van der Waals surface area contributed by atoms with Crippen LogP contribution in [0.15, 0.2) is 29.6 Å². The van der Waals surface area contributed by atoms with Gasteiger partial charge < -0.3 is 4.74 Å². The molecule has 1 heterocycles. The Bertz CT molecular complexity index is 749. The third-order valence-corrected chi connectivity index (χ3v) is 4.25. The number of ether oxygens (including phenoxy) is 1. The van der Waals surface area contributed by atoms with E-state index in [1.54, 1.807) is 36.6 Å². The number of nitrogens with zero attached hydrogens (tertiary/aromatic N) is 2. The maximum atomic E-state index is 12.0. The minimum Gasteiger partial charge on any atom is -0.457 e. The molecule has 0 aliphatic carbocycles. The zero-order chi connectivity index (χ0) is 16.8. The van der Waals surface area contributed by atoms with Crippen LogP contribution in [-0.4, -0.2) is 23.3 Å². The monoisotopic (exact) mass is 348 g/mol. The van der Waals surface area contributed by atoms with Gasteiger partial charge in [-0.2, -0.15) is 5.26 Å². The Morgan fingerprint density at radius 2 is 2.09 bits per heavy atom. The van der Waals surface area contributed by atoms with Gasteiger partial charge in [0, 0.05) is 16.1 Å². The van der Waals surface area contributed by atoms with E-state index in [0.717, 1.165) is 11.3 Å². The van der Waals surface area contributed by atoms with Crippen LogP contribution in [0.25, 0.3) is 0 Å². The van der Waals surface area contributed by atoms with Gasteiger partial charge in [0.25, 0.3) is 0 Å². The summed E-state index contributed by atoms with van der Waals surface area (Å²) in [5.41, 5.74) is 1.48. The number of nitriles is 1. The number of aromatic nitrogens is 1. The highest BCUT2D eigenvalue weighted by molar-refractivity contribution is 7.09. The molecule has 1 atom stereocenters. The van der Waals surface area contributed by atoms with E-state index in [9.17, 15) is 9.59 Å². The number of Topliss-reactive ketones (excluding diaryl/α,β-unsaturated/α-hetero) is 1. The first-order valence-corrected chi connectivity index (χ1v) is 8.00. The lowest BCUT2D eigenvalue weighted by molar-refractivity contribution is -0.147. The smallest absolute Gasteiger partial charge is 0.310 e. The van der Waals surface area contributed by atoms with E-state index >= 15 is 0 Å². The molecule has 7 heteroatoms. The predicted molar refractivity (Wildman–Crippen MR) is 86.3 cm³/mol. The number of hydrogen-bond donors (Lipinski definition) is 0. The molecule has 1 aromatic carbocycles. The van der Waals surface area contributed by atoms with Crippen molar-refractivity contribution in [3.8, 4) is 6.07 Å². The lowest BCUT2D eigenvalue weighted by atomic mass is 10.1. The summed E-state index contributed by atoms with van der Waals surface area (Å²) >= 11 is 7.01. The Morgan fingerprint density at radius 1 is 1.39 bits per heavy atom. The minimum absolute atomic E-state index is 0.0397. The molecule has 0 aliphatic heterocycles. The second kappa shape index (κ2) is 7.86. The number of hydrogen-bond acceptors (Lipinski definition) is 6. The number of halogens is 1. The van der Waals surface area contributed by atoms with Gasteiger partial charge in [0.05, 0.1) is 12.5 Å². The molecule has 0 bridgehead atoms. The Hall–Kier alpha value is -2.23. The molecule has 0 radical (unpaired) electrons. The van der Waals surface area contributed by atoms with Crippen molar-refractivity contribution in [1.82, 2.24) is 4.98 Å². The third kappa shape index (κ3) is 4.88. The molecule has 0 N–H and O–H groups in total. The summed E-state index contributed by atoms with van der Waals surface area (Å²) in [6.45, 7) is 1.34. The van der Waals surface area contributed by atoms with Crippen LogP contribution in [0.4, 0.5) is 0 Å². The Kier molecular flexibility index (Phi) is 5.85. The summed E-state index contributed by atoms with van der Waals surface area (Å²) in [5.74, 6) is -2.02. The van der Waals surface area contributed by atoms with Crippen molar-refractivity contribution < 1.29 is 14.3 Å². The van der Waals surface area contributed by atoms with Crippen LogP contribution in [0.5, 0.6) is 0 Å².